The third-order valence-electron chi connectivity index (χ3n) is 3.20. The van der Waals surface area contributed by atoms with Crippen molar-refractivity contribution in [2.45, 2.75) is 13.1 Å². The van der Waals surface area contributed by atoms with Crippen LogP contribution < -0.4 is 5.32 Å². The number of rotatable bonds is 4. The molecule has 2 rings (SSSR count). The van der Waals surface area contributed by atoms with Crippen molar-refractivity contribution >= 4 is 11.9 Å². The molecule has 0 spiro atoms. The van der Waals surface area contributed by atoms with Gasteiger partial charge < -0.3 is 14.6 Å². The second kappa shape index (κ2) is 6.73. The molecule has 0 saturated heterocycles. The minimum Gasteiger partial charge on any atom is -0.468 e. The number of methoxy groups -OCH3 is 1. The standard InChI is InChI=1S/C15H13F3N2O4/c1-8-12(14(22)19-7-11(21)23-2)13(20-24-8)9-3-5-10(6-4-9)15(16,17)18/h3-6H,7H2,1-2H3,(H,19,22). The fourth-order valence-corrected chi connectivity index (χ4v) is 1.97. The highest BCUT2D eigenvalue weighted by atomic mass is 19.4. The van der Waals surface area contributed by atoms with E-state index in [4.69, 9.17) is 4.52 Å². The molecule has 0 fully saturated rings. The van der Waals surface area contributed by atoms with Crippen molar-refractivity contribution in [2.24, 2.45) is 0 Å². The molecule has 6 nitrogen and oxygen atoms in total. The molecule has 2 aromatic rings. The molecule has 1 aromatic carbocycles. The fraction of sp³-hybridized carbons (Fsp3) is 0.267. The maximum Gasteiger partial charge on any atom is 0.416 e. The number of aromatic nitrogens is 1. The number of ether oxygens (including phenoxy) is 1. The van der Waals surface area contributed by atoms with Crippen molar-refractivity contribution in [1.29, 1.82) is 0 Å². The van der Waals surface area contributed by atoms with Crippen molar-refractivity contribution in [3.05, 3.63) is 41.2 Å². The highest BCUT2D eigenvalue weighted by Crippen LogP contribution is 2.32. The quantitative estimate of drug-likeness (QED) is 0.864. The number of nitrogens with one attached hydrogen (secondary N) is 1. The summed E-state index contributed by atoms with van der Waals surface area (Å²) in [6.07, 6.45) is -4.46. The largest absolute Gasteiger partial charge is 0.468 e. The Morgan fingerprint density at radius 3 is 2.42 bits per heavy atom. The number of halogens is 3. The summed E-state index contributed by atoms with van der Waals surface area (Å²) in [7, 11) is 1.17. The van der Waals surface area contributed by atoms with Crippen LogP contribution in [-0.4, -0.2) is 30.7 Å². The Bertz CT molecular complexity index is 751. The van der Waals surface area contributed by atoms with Crippen LogP contribution in [-0.2, 0) is 15.7 Å². The molecule has 0 aliphatic carbocycles. The number of carbonyl (C=O) groups excluding carboxylic acids is 2. The van der Waals surface area contributed by atoms with Crippen molar-refractivity contribution in [3.8, 4) is 11.3 Å². The minimum atomic E-state index is -4.46. The smallest absolute Gasteiger partial charge is 0.416 e. The van der Waals surface area contributed by atoms with Crippen molar-refractivity contribution in [1.82, 2.24) is 10.5 Å². The van der Waals surface area contributed by atoms with Crippen LogP contribution in [0, 0.1) is 6.92 Å². The molecule has 1 aromatic heterocycles. The Morgan fingerprint density at radius 2 is 1.88 bits per heavy atom. The van der Waals surface area contributed by atoms with E-state index in [1.165, 1.54) is 26.2 Å². The number of hydrogen-bond acceptors (Lipinski definition) is 5. The van der Waals surface area contributed by atoms with Gasteiger partial charge in [0, 0.05) is 5.56 Å². The topological polar surface area (TPSA) is 81.4 Å². The summed E-state index contributed by atoms with van der Waals surface area (Å²) in [6.45, 7) is 1.13. The summed E-state index contributed by atoms with van der Waals surface area (Å²) in [6, 6.07) is 4.15. The van der Waals surface area contributed by atoms with Gasteiger partial charge in [0.05, 0.1) is 12.7 Å². The molecule has 24 heavy (non-hydrogen) atoms. The van der Waals surface area contributed by atoms with Gasteiger partial charge >= 0.3 is 12.1 Å². The van der Waals surface area contributed by atoms with Gasteiger partial charge in [-0.25, -0.2) is 0 Å². The van der Waals surface area contributed by atoms with Gasteiger partial charge in [-0.2, -0.15) is 13.2 Å². The van der Waals surface area contributed by atoms with E-state index in [1.54, 1.807) is 0 Å². The van der Waals surface area contributed by atoms with Crippen LogP contribution in [0.3, 0.4) is 0 Å². The first-order chi connectivity index (χ1) is 11.2. The zero-order valence-corrected chi connectivity index (χ0v) is 12.7. The van der Waals surface area contributed by atoms with E-state index < -0.39 is 23.6 Å². The molecule has 1 heterocycles. The normalized spacial score (nSPS) is 11.2. The number of benzene rings is 1. The summed E-state index contributed by atoms with van der Waals surface area (Å²) in [5, 5.41) is 6.04. The maximum absolute atomic E-state index is 12.6. The predicted octanol–water partition coefficient (Wildman–Crippen LogP) is 2.57. The first-order valence-electron chi connectivity index (χ1n) is 6.73. The number of carbonyl (C=O) groups is 2. The van der Waals surface area contributed by atoms with E-state index in [0.29, 0.717) is 0 Å². The van der Waals surface area contributed by atoms with Crippen LogP contribution in [0.1, 0.15) is 21.7 Å². The predicted molar refractivity (Wildman–Crippen MR) is 76.0 cm³/mol. The van der Waals surface area contributed by atoms with E-state index in [2.05, 4.69) is 15.2 Å². The lowest BCUT2D eigenvalue weighted by molar-refractivity contribution is -0.139. The van der Waals surface area contributed by atoms with Gasteiger partial charge in [0.2, 0.25) is 0 Å². The Balaban J connectivity index is 2.29. The van der Waals surface area contributed by atoms with Gasteiger partial charge in [0.1, 0.15) is 23.6 Å². The number of aryl methyl sites for hydroxylation is 1. The fourth-order valence-electron chi connectivity index (χ4n) is 1.97. The van der Waals surface area contributed by atoms with E-state index in [-0.39, 0.29) is 29.1 Å². The molecule has 0 saturated carbocycles. The lowest BCUT2D eigenvalue weighted by Gasteiger charge is -2.07. The lowest BCUT2D eigenvalue weighted by atomic mass is 10.0. The SMILES string of the molecule is COC(=O)CNC(=O)c1c(-c2ccc(C(F)(F)F)cc2)noc1C. The summed E-state index contributed by atoms with van der Waals surface area (Å²) in [5.74, 6) is -1.12. The lowest BCUT2D eigenvalue weighted by Crippen LogP contribution is -2.30. The Hall–Kier alpha value is -2.84. The number of amides is 1. The average molecular weight is 342 g/mol. The minimum absolute atomic E-state index is 0.0404. The number of alkyl halides is 3. The van der Waals surface area contributed by atoms with E-state index in [1.807, 2.05) is 0 Å². The first kappa shape index (κ1) is 17.5. The van der Waals surface area contributed by atoms with E-state index >= 15 is 0 Å². The number of hydrogen-bond donors (Lipinski definition) is 1. The Morgan fingerprint density at radius 1 is 1.25 bits per heavy atom. The van der Waals surface area contributed by atoms with Crippen molar-refractivity contribution in [2.75, 3.05) is 13.7 Å². The Kier molecular flexibility index (Phi) is 4.91. The number of nitrogens with zero attached hydrogens (tertiary/aromatic N) is 1. The van der Waals surface area contributed by atoms with Gasteiger partial charge in [-0.15, -0.1) is 0 Å². The molecule has 0 aliphatic heterocycles. The second-order valence-corrected chi connectivity index (χ2v) is 4.80. The highest BCUT2D eigenvalue weighted by molar-refractivity contribution is 6.01. The Labute approximate surface area is 134 Å². The maximum atomic E-state index is 12.6. The van der Waals surface area contributed by atoms with Gasteiger partial charge in [-0.3, -0.25) is 9.59 Å². The monoisotopic (exact) mass is 342 g/mol. The summed E-state index contributed by atoms with van der Waals surface area (Å²) in [4.78, 5) is 23.2. The zero-order chi connectivity index (χ0) is 17.9. The molecule has 0 atom stereocenters. The van der Waals surface area contributed by atoms with Crippen molar-refractivity contribution < 1.29 is 32.0 Å². The third kappa shape index (κ3) is 3.73. The summed E-state index contributed by atoms with van der Waals surface area (Å²) >= 11 is 0. The van der Waals surface area contributed by atoms with Gasteiger partial charge in [0.25, 0.3) is 5.91 Å². The molecule has 1 amide bonds. The highest BCUT2D eigenvalue weighted by Gasteiger charge is 2.30. The van der Waals surface area contributed by atoms with Crippen LogP contribution in [0.2, 0.25) is 0 Å². The van der Waals surface area contributed by atoms with Crippen LogP contribution in [0.4, 0.5) is 13.2 Å². The van der Waals surface area contributed by atoms with Crippen LogP contribution in [0.25, 0.3) is 11.3 Å². The van der Waals surface area contributed by atoms with Crippen molar-refractivity contribution in [3.63, 3.8) is 0 Å². The second-order valence-electron chi connectivity index (χ2n) is 4.80. The molecule has 128 valence electrons. The third-order valence-corrected chi connectivity index (χ3v) is 3.20. The molecule has 0 bridgehead atoms. The molecule has 9 heteroatoms. The molecule has 0 unspecified atom stereocenters. The van der Waals surface area contributed by atoms with Crippen LogP contribution in [0.15, 0.2) is 28.8 Å². The molecule has 0 radical (unpaired) electrons. The zero-order valence-electron chi connectivity index (χ0n) is 12.7. The van der Waals surface area contributed by atoms with E-state index in [0.717, 1.165) is 12.1 Å². The molecule has 1 N–H and O–H groups in total. The van der Waals surface area contributed by atoms with E-state index in [9.17, 15) is 22.8 Å². The van der Waals surface area contributed by atoms with Crippen LogP contribution in [0.5, 0.6) is 0 Å². The van der Waals surface area contributed by atoms with Gasteiger partial charge in [-0.05, 0) is 19.1 Å². The summed E-state index contributed by atoms with van der Waals surface area (Å²) < 4.78 is 47.2. The van der Waals surface area contributed by atoms with Gasteiger partial charge in [-0.1, -0.05) is 17.3 Å². The first-order valence-corrected chi connectivity index (χ1v) is 6.73. The van der Waals surface area contributed by atoms with Crippen LogP contribution >= 0.6 is 0 Å². The number of esters is 1. The average Bonchev–Trinajstić information content (AvgIpc) is 2.93. The van der Waals surface area contributed by atoms with Gasteiger partial charge in [0.15, 0.2) is 0 Å². The molecular weight excluding hydrogens is 329 g/mol. The molecular formula is C15H13F3N2O4. The molecule has 0 aliphatic rings. The summed E-state index contributed by atoms with van der Waals surface area (Å²) in [5.41, 5.74) is -0.409.